The molecular formula is C10H7Cl3FN3. The number of hydrogen-bond acceptors (Lipinski definition) is 2. The van der Waals surface area contributed by atoms with Gasteiger partial charge in [0.25, 0.3) is 0 Å². The molecule has 0 unspecified atom stereocenters. The third-order valence-corrected chi connectivity index (χ3v) is 3.03. The van der Waals surface area contributed by atoms with Crippen LogP contribution in [0.3, 0.4) is 0 Å². The third kappa shape index (κ3) is 2.25. The van der Waals surface area contributed by atoms with Crippen molar-refractivity contribution in [2.45, 2.75) is 13.3 Å². The van der Waals surface area contributed by atoms with Gasteiger partial charge in [0.1, 0.15) is 11.6 Å². The molecule has 0 N–H and O–H groups in total. The highest BCUT2D eigenvalue weighted by atomic mass is 35.5. The zero-order valence-electron chi connectivity index (χ0n) is 8.72. The molecule has 0 aliphatic rings. The van der Waals surface area contributed by atoms with E-state index in [1.807, 2.05) is 6.92 Å². The van der Waals surface area contributed by atoms with Crippen molar-refractivity contribution in [2.75, 3.05) is 0 Å². The maximum Gasteiger partial charge on any atom is 0.229 e. The first-order valence-electron chi connectivity index (χ1n) is 4.79. The third-order valence-electron chi connectivity index (χ3n) is 2.21. The molecule has 0 saturated heterocycles. The zero-order valence-corrected chi connectivity index (χ0v) is 11.0. The van der Waals surface area contributed by atoms with Gasteiger partial charge in [-0.3, -0.25) is 4.57 Å². The second-order valence-corrected chi connectivity index (χ2v) is 4.44. The fourth-order valence-corrected chi connectivity index (χ4v) is 2.34. The zero-order chi connectivity index (χ0) is 12.6. The first-order chi connectivity index (χ1) is 8.04. The molecule has 0 amide bonds. The average molecular weight is 295 g/mol. The summed E-state index contributed by atoms with van der Waals surface area (Å²) < 4.78 is 14.6. The van der Waals surface area contributed by atoms with Gasteiger partial charge in [-0.15, -0.1) is 10.2 Å². The quantitative estimate of drug-likeness (QED) is 0.840. The Bertz CT molecular complexity index is 545. The standard InChI is InChI=1S/C10H7Cl3FN3/c1-2-8-15-16-10(13)17(8)9-6(11)3-5(14)4-7(9)12/h3-4H,2H2,1H3. The molecule has 0 fully saturated rings. The van der Waals surface area contributed by atoms with Crippen molar-refractivity contribution >= 4 is 34.8 Å². The van der Waals surface area contributed by atoms with Crippen molar-refractivity contribution in [3.8, 4) is 5.69 Å². The fraction of sp³-hybridized carbons (Fsp3) is 0.200. The van der Waals surface area contributed by atoms with E-state index in [9.17, 15) is 4.39 Å². The van der Waals surface area contributed by atoms with Crippen LogP contribution in [0.4, 0.5) is 4.39 Å². The van der Waals surface area contributed by atoms with Crippen molar-refractivity contribution in [2.24, 2.45) is 0 Å². The molecule has 1 aromatic carbocycles. The maximum atomic E-state index is 13.1. The molecule has 2 aromatic rings. The molecule has 0 spiro atoms. The summed E-state index contributed by atoms with van der Waals surface area (Å²) in [5.41, 5.74) is 0.390. The van der Waals surface area contributed by atoms with Gasteiger partial charge in [-0.05, 0) is 23.7 Å². The van der Waals surface area contributed by atoms with Crippen LogP contribution in [0.25, 0.3) is 5.69 Å². The number of hydrogen-bond donors (Lipinski definition) is 0. The second-order valence-electron chi connectivity index (χ2n) is 3.29. The summed E-state index contributed by atoms with van der Waals surface area (Å²) in [5, 5.41) is 8.07. The summed E-state index contributed by atoms with van der Waals surface area (Å²) >= 11 is 17.9. The first kappa shape index (κ1) is 12.6. The second kappa shape index (κ2) is 4.80. The Kier molecular flexibility index (Phi) is 3.56. The Balaban J connectivity index is 2.72. The molecule has 0 aliphatic carbocycles. The summed E-state index contributed by atoms with van der Waals surface area (Å²) in [7, 11) is 0. The van der Waals surface area contributed by atoms with Crippen molar-refractivity contribution < 1.29 is 4.39 Å². The van der Waals surface area contributed by atoms with Crippen molar-refractivity contribution in [3.63, 3.8) is 0 Å². The van der Waals surface area contributed by atoms with Gasteiger partial charge < -0.3 is 0 Å². The van der Waals surface area contributed by atoms with Crippen LogP contribution in [0.5, 0.6) is 0 Å². The summed E-state index contributed by atoms with van der Waals surface area (Å²) in [5.74, 6) is 0.0939. The van der Waals surface area contributed by atoms with Crippen LogP contribution in [-0.2, 0) is 6.42 Å². The highest BCUT2D eigenvalue weighted by Crippen LogP contribution is 2.32. The molecule has 17 heavy (non-hydrogen) atoms. The number of aromatic nitrogens is 3. The topological polar surface area (TPSA) is 30.7 Å². The van der Waals surface area contributed by atoms with Crippen molar-refractivity contribution in [1.29, 1.82) is 0 Å². The van der Waals surface area contributed by atoms with Crippen LogP contribution in [0, 0.1) is 5.82 Å². The molecule has 2 rings (SSSR count). The summed E-state index contributed by atoms with van der Waals surface area (Å²) in [6, 6.07) is 2.33. The van der Waals surface area contributed by atoms with E-state index in [0.29, 0.717) is 17.9 Å². The lowest BCUT2D eigenvalue weighted by Crippen LogP contribution is -2.02. The Morgan fingerprint density at radius 3 is 2.29 bits per heavy atom. The van der Waals surface area contributed by atoms with Crippen molar-refractivity contribution in [1.82, 2.24) is 14.8 Å². The van der Waals surface area contributed by atoms with Gasteiger partial charge in [0.2, 0.25) is 5.28 Å². The minimum atomic E-state index is -0.508. The minimum absolute atomic E-state index is 0.136. The molecule has 0 saturated carbocycles. The number of aryl methyl sites for hydroxylation is 1. The van der Waals surface area contributed by atoms with Gasteiger partial charge in [-0.1, -0.05) is 30.1 Å². The van der Waals surface area contributed by atoms with E-state index in [-0.39, 0.29) is 15.3 Å². The Morgan fingerprint density at radius 1 is 1.18 bits per heavy atom. The number of nitrogens with zero attached hydrogens (tertiary/aromatic N) is 3. The van der Waals surface area contributed by atoms with Gasteiger partial charge in [-0.25, -0.2) is 4.39 Å². The first-order valence-corrected chi connectivity index (χ1v) is 5.92. The molecule has 0 bridgehead atoms. The predicted molar refractivity (Wildman–Crippen MR) is 65.7 cm³/mol. The molecule has 3 nitrogen and oxygen atoms in total. The lowest BCUT2D eigenvalue weighted by atomic mass is 10.3. The molecule has 0 radical (unpaired) electrons. The van der Waals surface area contributed by atoms with E-state index >= 15 is 0 Å². The van der Waals surface area contributed by atoms with Gasteiger partial charge in [0, 0.05) is 6.42 Å². The van der Waals surface area contributed by atoms with Crippen LogP contribution >= 0.6 is 34.8 Å². The summed E-state index contributed by atoms with van der Waals surface area (Å²) in [6.07, 6.45) is 0.601. The van der Waals surface area contributed by atoms with Gasteiger partial charge in [0.15, 0.2) is 0 Å². The molecule has 1 heterocycles. The summed E-state index contributed by atoms with van der Waals surface area (Å²) in [6.45, 7) is 1.89. The van der Waals surface area contributed by atoms with E-state index in [1.54, 1.807) is 0 Å². The van der Waals surface area contributed by atoms with Crippen LogP contribution < -0.4 is 0 Å². The number of halogens is 4. The van der Waals surface area contributed by atoms with Crippen LogP contribution in [0.1, 0.15) is 12.7 Å². The van der Waals surface area contributed by atoms with E-state index in [0.717, 1.165) is 0 Å². The Hall–Kier alpha value is -0.840. The van der Waals surface area contributed by atoms with E-state index < -0.39 is 5.82 Å². The van der Waals surface area contributed by atoms with E-state index in [4.69, 9.17) is 34.8 Å². The highest BCUT2D eigenvalue weighted by molar-refractivity contribution is 6.38. The monoisotopic (exact) mass is 293 g/mol. The molecule has 90 valence electrons. The average Bonchev–Trinajstić information content (AvgIpc) is 2.59. The largest absolute Gasteiger partial charge is 0.267 e. The lowest BCUT2D eigenvalue weighted by molar-refractivity contribution is 0.627. The van der Waals surface area contributed by atoms with Crippen LogP contribution in [-0.4, -0.2) is 14.8 Å². The van der Waals surface area contributed by atoms with E-state index in [1.165, 1.54) is 16.7 Å². The van der Waals surface area contributed by atoms with Crippen LogP contribution in [0.2, 0.25) is 15.3 Å². The lowest BCUT2D eigenvalue weighted by Gasteiger charge is -2.10. The Labute approximate surface area is 112 Å². The summed E-state index contributed by atoms with van der Waals surface area (Å²) in [4.78, 5) is 0. The maximum absolute atomic E-state index is 13.1. The van der Waals surface area contributed by atoms with Crippen LogP contribution in [0.15, 0.2) is 12.1 Å². The molecule has 0 aliphatic heterocycles. The molecule has 1 aromatic heterocycles. The van der Waals surface area contributed by atoms with Gasteiger partial charge in [0.05, 0.1) is 15.7 Å². The van der Waals surface area contributed by atoms with Gasteiger partial charge in [-0.2, -0.15) is 0 Å². The Morgan fingerprint density at radius 2 is 1.76 bits per heavy atom. The fourth-order valence-electron chi connectivity index (χ4n) is 1.49. The van der Waals surface area contributed by atoms with Gasteiger partial charge >= 0.3 is 0 Å². The highest BCUT2D eigenvalue weighted by Gasteiger charge is 2.17. The number of benzene rings is 1. The van der Waals surface area contributed by atoms with E-state index in [2.05, 4.69) is 10.2 Å². The molecule has 0 atom stereocenters. The minimum Gasteiger partial charge on any atom is -0.267 e. The number of rotatable bonds is 2. The van der Waals surface area contributed by atoms with Crippen molar-refractivity contribution in [3.05, 3.63) is 39.1 Å². The molecular weight excluding hydrogens is 287 g/mol. The molecule has 7 heteroatoms. The smallest absolute Gasteiger partial charge is 0.229 e. The normalized spacial score (nSPS) is 10.9. The SMILES string of the molecule is CCc1nnc(Cl)n1-c1c(Cl)cc(F)cc1Cl. The predicted octanol–water partition coefficient (Wildman–Crippen LogP) is 3.93.